The van der Waals surface area contributed by atoms with Crippen LogP contribution in [0.5, 0.6) is 5.75 Å². The molecule has 1 N–H and O–H groups in total. The first-order valence-corrected chi connectivity index (χ1v) is 10.4. The van der Waals surface area contributed by atoms with E-state index >= 15 is 0 Å². The lowest BCUT2D eigenvalue weighted by Gasteiger charge is -2.20. The quantitative estimate of drug-likeness (QED) is 0.615. The predicted octanol–water partition coefficient (Wildman–Crippen LogP) is 4.26. The Morgan fingerprint density at radius 3 is 2.48 bits per heavy atom. The van der Waals surface area contributed by atoms with E-state index in [1.807, 2.05) is 74.7 Å². The number of aromatic nitrogens is 3. The van der Waals surface area contributed by atoms with Crippen LogP contribution in [0.1, 0.15) is 26.3 Å². The van der Waals surface area contributed by atoms with Crippen molar-refractivity contribution in [3.63, 3.8) is 0 Å². The third kappa shape index (κ3) is 5.38. The van der Waals surface area contributed by atoms with Gasteiger partial charge in [-0.15, -0.1) is 10.2 Å². The van der Waals surface area contributed by atoms with Gasteiger partial charge in [-0.3, -0.25) is 9.36 Å². The third-order valence-electron chi connectivity index (χ3n) is 4.09. The van der Waals surface area contributed by atoms with E-state index in [0.29, 0.717) is 5.16 Å². The minimum absolute atomic E-state index is 0.0381. The summed E-state index contributed by atoms with van der Waals surface area (Å²) in [6.45, 7) is 7.94. The molecule has 0 saturated carbocycles. The summed E-state index contributed by atoms with van der Waals surface area (Å²) in [6, 6.07) is 15.8. The second-order valence-electron chi connectivity index (χ2n) is 7.80. The number of rotatable bonds is 6. The molecule has 0 spiro atoms. The molecule has 6 nitrogen and oxygen atoms in total. The van der Waals surface area contributed by atoms with E-state index < -0.39 is 0 Å². The van der Waals surface area contributed by atoms with Gasteiger partial charge >= 0.3 is 0 Å². The molecule has 0 bridgehead atoms. The Morgan fingerprint density at radius 2 is 1.86 bits per heavy atom. The molecule has 1 amide bonds. The van der Waals surface area contributed by atoms with Gasteiger partial charge in [-0.25, -0.2) is 0 Å². The van der Waals surface area contributed by atoms with Gasteiger partial charge in [0.1, 0.15) is 5.75 Å². The predicted molar refractivity (Wildman–Crippen MR) is 117 cm³/mol. The minimum Gasteiger partial charge on any atom is -0.497 e. The lowest BCUT2D eigenvalue weighted by Crippen LogP contribution is -2.41. The summed E-state index contributed by atoms with van der Waals surface area (Å²) < 4.78 is 7.25. The van der Waals surface area contributed by atoms with Gasteiger partial charge in [0.2, 0.25) is 5.91 Å². The molecule has 7 heteroatoms. The van der Waals surface area contributed by atoms with Crippen LogP contribution >= 0.6 is 11.8 Å². The summed E-state index contributed by atoms with van der Waals surface area (Å²) >= 11 is 1.37. The first-order chi connectivity index (χ1) is 13.8. The van der Waals surface area contributed by atoms with E-state index in [0.717, 1.165) is 28.4 Å². The molecule has 0 saturated heterocycles. The maximum atomic E-state index is 12.3. The van der Waals surface area contributed by atoms with Crippen molar-refractivity contribution < 1.29 is 9.53 Å². The first-order valence-electron chi connectivity index (χ1n) is 9.37. The van der Waals surface area contributed by atoms with Gasteiger partial charge in [0.25, 0.3) is 0 Å². The molecule has 3 aromatic rings. The van der Waals surface area contributed by atoms with Crippen molar-refractivity contribution in [1.29, 1.82) is 0 Å². The number of nitrogens with zero attached hydrogens (tertiary/aromatic N) is 3. The number of carbonyl (C=O) groups is 1. The average molecular weight is 411 g/mol. The lowest BCUT2D eigenvalue weighted by atomic mass is 10.1. The standard InChI is InChI=1S/C22H26N4O2S/c1-15-7-6-8-16(13-15)20-24-25-21(29-14-19(27)23-22(2,3)4)26(20)17-9-11-18(28-5)12-10-17/h6-13H,14H2,1-5H3,(H,23,27). The maximum Gasteiger partial charge on any atom is 0.230 e. The number of ether oxygens (including phenoxy) is 1. The number of hydrogen-bond acceptors (Lipinski definition) is 5. The fourth-order valence-corrected chi connectivity index (χ4v) is 3.63. The number of carbonyl (C=O) groups excluding carboxylic acids is 1. The highest BCUT2D eigenvalue weighted by Gasteiger charge is 2.19. The highest BCUT2D eigenvalue weighted by molar-refractivity contribution is 7.99. The molecule has 0 fully saturated rings. The smallest absolute Gasteiger partial charge is 0.230 e. The molecule has 0 radical (unpaired) electrons. The normalized spacial score (nSPS) is 11.3. The molecular formula is C22H26N4O2S. The van der Waals surface area contributed by atoms with E-state index in [2.05, 4.69) is 21.6 Å². The molecule has 2 aromatic carbocycles. The lowest BCUT2D eigenvalue weighted by molar-refractivity contribution is -0.119. The summed E-state index contributed by atoms with van der Waals surface area (Å²) in [7, 11) is 1.64. The molecule has 0 unspecified atom stereocenters. The van der Waals surface area contributed by atoms with Gasteiger partial charge in [-0.1, -0.05) is 35.5 Å². The van der Waals surface area contributed by atoms with Crippen LogP contribution in [-0.4, -0.2) is 39.1 Å². The van der Waals surface area contributed by atoms with Gasteiger partial charge in [0, 0.05) is 16.8 Å². The number of nitrogens with one attached hydrogen (secondary N) is 1. The van der Waals surface area contributed by atoms with Gasteiger partial charge in [0.15, 0.2) is 11.0 Å². The van der Waals surface area contributed by atoms with Crippen molar-refractivity contribution in [2.24, 2.45) is 0 Å². The molecule has 3 rings (SSSR count). The SMILES string of the molecule is COc1ccc(-n2c(SCC(=O)NC(C)(C)C)nnc2-c2cccc(C)c2)cc1. The van der Waals surface area contributed by atoms with Crippen molar-refractivity contribution in [1.82, 2.24) is 20.1 Å². The van der Waals surface area contributed by atoms with Crippen LogP contribution in [0.25, 0.3) is 17.1 Å². The van der Waals surface area contributed by atoms with Crippen LogP contribution in [0.4, 0.5) is 0 Å². The Kier molecular flexibility index (Phi) is 6.27. The molecule has 0 atom stereocenters. The van der Waals surface area contributed by atoms with Gasteiger partial charge < -0.3 is 10.1 Å². The second kappa shape index (κ2) is 8.69. The Bertz CT molecular complexity index is 991. The van der Waals surface area contributed by atoms with Crippen molar-refractivity contribution in [2.45, 2.75) is 38.4 Å². The number of amides is 1. The zero-order valence-electron chi connectivity index (χ0n) is 17.4. The molecule has 1 aromatic heterocycles. The monoisotopic (exact) mass is 410 g/mol. The number of aryl methyl sites for hydroxylation is 1. The van der Waals surface area contributed by atoms with Crippen LogP contribution in [0.2, 0.25) is 0 Å². The molecule has 0 aliphatic rings. The van der Waals surface area contributed by atoms with Crippen LogP contribution in [0.15, 0.2) is 53.7 Å². The maximum absolute atomic E-state index is 12.3. The third-order valence-corrected chi connectivity index (χ3v) is 5.02. The largest absolute Gasteiger partial charge is 0.497 e. The van der Waals surface area contributed by atoms with E-state index in [1.165, 1.54) is 11.8 Å². The zero-order valence-corrected chi connectivity index (χ0v) is 18.2. The van der Waals surface area contributed by atoms with Gasteiger partial charge in [-0.2, -0.15) is 0 Å². The van der Waals surface area contributed by atoms with Crippen LogP contribution in [0, 0.1) is 6.92 Å². The molecule has 0 aliphatic heterocycles. The van der Waals surface area contributed by atoms with Gasteiger partial charge in [0.05, 0.1) is 12.9 Å². The highest BCUT2D eigenvalue weighted by Crippen LogP contribution is 2.29. The topological polar surface area (TPSA) is 69.0 Å². The van der Waals surface area contributed by atoms with E-state index in [1.54, 1.807) is 7.11 Å². The number of thioether (sulfide) groups is 1. The molecule has 29 heavy (non-hydrogen) atoms. The zero-order chi connectivity index (χ0) is 21.0. The molecule has 0 aliphatic carbocycles. The Balaban J connectivity index is 1.96. The Morgan fingerprint density at radius 1 is 1.14 bits per heavy atom. The minimum atomic E-state index is -0.270. The van der Waals surface area contributed by atoms with E-state index in [9.17, 15) is 4.79 Å². The average Bonchev–Trinajstić information content (AvgIpc) is 3.09. The summed E-state index contributed by atoms with van der Waals surface area (Å²) in [4.78, 5) is 12.3. The summed E-state index contributed by atoms with van der Waals surface area (Å²) in [5, 5.41) is 12.4. The van der Waals surface area contributed by atoms with Gasteiger partial charge in [-0.05, 0) is 58.0 Å². The fourth-order valence-electron chi connectivity index (χ4n) is 2.88. The Hall–Kier alpha value is -2.80. The molecule has 152 valence electrons. The summed E-state index contributed by atoms with van der Waals surface area (Å²) in [6.07, 6.45) is 0. The van der Waals surface area contributed by atoms with Crippen LogP contribution < -0.4 is 10.1 Å². The van der Waals surface area contributed by atoms with E-state index in [4.69, 9.17) is 4.74 Å². The number of hydrogen-bond donors (Lipinski definition) is 1. The van der Waals surface area contributed by atoms with Crippen molar-refractivity contribution in [3.05, 3.63) is 54.1 Å². The van der Waals surface area contributed by atoms with E-state index in [-0.39, 0.29) is 17.2 Å². The number of benzene rings is 2. The van der Waals surface area contributed by atoms with Crippen molar-refractivity contribution in [3.8, 4) is 22.8 Å². The van der Waals surface area contributed by atoms with Crippen LogP contribution in [-0.2, 0) is 4.79 Å². The highest BCUT2D eigenvalue weighted by atomic mass is 32.2. The van der Waals surface area contributed by atoms with Crippen molar-refractivity contribution >= 4 is 17.7 Å². The summed E-state index contributed by atoms with van der Waals surface area (Å²) in [5.74, 6) is 1.73. The fraction of sp³-hybridized carbons (Fsp3) is 0.318. The second-order valence-corrected chi connectivity index (χ2v) is 8.74. The molecule has 1 heterocycles. The first kappa shape index (κ1) is 20.9. The molecular weight excluding hydrogens is 384 g/mol. The summed E-state index contributed by atoms with van der Waals surface area (Å²) in [5.41, 5.74) is 2.75. The Labute approximate surface area is 175 Å². The van der Waals surface area contributed by atoms with Crippen LogP contribution in [0.3, 0.4) is 0 Å². The van der Waals surface area contributed by atoms with Crippen molar-refractivity contribution in [2.75, 3.05) is 12.9 Å². The number of methoxy groups -OCH3 is 1.